The van der Waals surface area contributed by atoms with E-state index in [4.69, 9.17) is 21.1 Å². The van der Waals surface area contributed by atoms with Gasteiger partial charge >= 0.3 is 0 Å². The molecule has 124 valence electrons. The largest absolute Gasteiger partial charge is 0.486 e. The number of carbonyl (C=O) groups is 1. The molecule has 0 saturated heterocycles. The second-order valence-electron chi connectivity index (χ2n) is 5.13. The van der Waals surface area contributed by atoms with Crippen LogP contribution < -0.4 is 14.8 Å². The number of para-hydroxylation sites is 2. The number of halogens is 1. The van der Waals surface area contributed by atoms with Crippen molar-refractivity contribution in [1.29, 1.82) is 0 Å². The highest BCUT2D eigenvalue weighted by Crippen LogP contribution is 2.30. The molecule has 0 aromatic heterocycles. The van der Waals surface area contributed by atoms with Crippen LogP contribution in [0, 0.1) is 10.1 Å². The molecule has 3 rings (SSSR count). The zero-order valence-electron chi connectivity index (χ0n) is 12.4. The van der Waals surface area contributed by atoms with Crippen LogP contribution in [-0.4, -0.2) is 30.1 Å². The highest BCUT2D eigenvalue weighted by Gasteiger charge is 2.22. The number of hydrogen-bond acceptors (Lipinski definition) is 5. The smallest absolute Gasteiger partial charge is 0.288 e. The third kappa shape index (κ3) is 3.41. The van der Waals surface area contributed by atoms with Crippen molar-refractivity contribution in [2.75, 3.05) is 13.2 Å². The molecule has 1 heterocycles. The Bertz CT molecular complexity index is 796. The molecule has 1 aliphatic rings. The third-order valence-electron chi connectivity index (χ3n) is 3.46. The highest BCUT2D eigenvalue weighted by molar-refractivity contribution is 6.32. The summed E-state index contributed by atoms with van der Waals surface area (Å²) in [6.45, 7) is 0.516. The normalized spacial score (nSPS) is 15.6. The first-order valence-electron chi connectivity index (χ1n) is 7.15. The fourth-order valence-electron chi connectivity index (χ4n) is 2.27. The first kappa shape index (κ1) is 16.1. The summed E-state index contributed by atoms with van der Waals surface area (Å²) in [6.07, 6.45) is -0.342. The van der Waals surface area contributed by atoms with Crippen molar-refractivity contribution in [2.45, 2.75) is 6.10 Å². The van der Waals surface area contributed by atoms with Gasteiger partial charge in [0.1, 0.15) is 17.7 Å². The van der Waals surface area contributed by atoms with Crippen molar-refractivity contribution in [3.05, 3.63) is 63.2 Å². The molecule has 0 saturated carbocycles. The van der Waals surface area contributed by atoms with E-state index in [1.165, 1.54) is 12.1 Å². The Morgan fingerprint density at radius 3 is 2.79 bits per heavy atom. The molecule has 1 N–H and O–H groups in total. The van der Waals surface area contributed by atoms with E-state index in [1.54, 1.807) is 12.1 Å². The highest BCUT2D eigenvalue weighted by atomic mass is 35.5. The molecule has 2 aromatic carbocycles. The summed E-state index contributed by atoms with van der Waals surface area (Å²) >= 11 is 5.73. The summed E-state index contributed by atoms with van der Waals surface area (Å²) in [4.78, 5) is 22.4. The molecule has 0 unspecified atom stereocenters. The molecular weight excluding hydrogens is 336 g/mol. The average molecular weight is 349 g/mol. The number of ether oxygens (including phenoxy) is 2. The summed E-state index contributed by atoms with van der Waals surface area (Å²) in [7, 11) is 0. The number of nitro groups is 1. The van der Waals surface area contributed by atoms with E-state index in [-0.39, 0.29) is 28.9 Å². The molecule has 24 heavy (non-hydrogen) atoms. The molecule has 2 aromatic rings. The Morgan fingerprint density at radius 2 is 2.04 bits per heavy atom. The van der Waals surface area contributed by atoms with Gasteiger partial charge in [-0.3, -0.25) is 14.9 Å². The van der Waals surface area contributed by atoms with E-state index in [2.05, 4.69) is 5.32 Å². The fourth-order valence-corrected chi connectivity index (χ4v) is 2.45. The number of nitrogens with one attached hydrogen (secondary N) is 1. The summed E-state index contributed by atoms with van der Waals surface area (Å²) in [5.41, 5.74) is -0.154. The Morgan fingerprint density at radius 1 is 1.29 bits per heavy atom. The molecule has 0 spiro atoms. The number of fused-ring (bicyclic) bond motifs is 1. The van der Waals surface area contributed by atoms with Crippen LogP contribution >= 0.6 is 11.6 Å². The zero-order valence-corrected chi connectivity index (χ0v) is 13.2. The molecule has 8 heteroatoms. The minimum Gasteiger partial charge on any atom is -0.486 e. The Hall–Kier alpha value is -2.80. The van der Waals surface area contributed by atoms with Gasteiger partial charge in [0.15, 0.2) is 11.5 Å². The maximum atomic E-state index is 12.1. The molecule has 1 atom stereocenters. The van der Waals surface area contributed by atoms with Gasteiger partial charge in [0, 0.05) is 11.6 Å². The SMILES string of the molecule is O=C(NC[C@H]1COc2ccccc2O1)c1ccc(Cl)c([N+](=O)[O-])c1. The molecule has 1 amide bonds. The van der Waals surface area contributed by atoms with Gasteiger partial charge in [-0.25, -0.2) is 0 Å². The van der Waals surface area contributed by atoms with Gasteiger partial charge in [-0.05, 0) is 24.3 Å². The minimum absolute atomic E-state index is 0.0165. The first-order chi connectivity index (χ1) is 11.5. The van der Waals surface area contributed by atoms with E-state index < -0.39 is 10.8 Å². The first-order valence-corrected chi connectivity index (χ1v) is 7.53. The molecule has 0 fully saturated rings. The molecule has 1 aliphatic heterocycles. The van der Waals surface area contributed by atoms with Crippen LogP contribution in [0.2, 0.25) is 5.02 Å². The van der Waals surface area contributed by atoms with Gasteiger partial charge in [0.05, 0.1) is 11.5 Å². The van der Waals surface area contributed by atoms with Crippen LogP contribution in [0.3, 0.4) is 0 Å². The maximum absolute atomic E-state index is 12.1. The second-order valence-corrected chi connectivity index (χ2v) is 5.54. The topological polar surface area (TPSA) is 90.7 Å². The molecule has 0 bridgehead atoms. The summed E-state index contributed by atoms with van der Waals surface area (Å²) in [6, 6.07) is 11.2. The fraction of sp³-hybridized carbons (Fsp3) is 0.188. The summed E-state index contributed by atoms with van der Waals surface area (Å²) < 4.78 is 11.3. The van der Waals surface area contributed by atoms with Crippen LogP contribution in [-0.2, 0) is 0 Å². The summed E-state index contributed by atoms with van der Waals surface area (Å²) in [5, 5.41) is 13.5. The van der Waals surface area contributed by atoms with Crippen molar-refractivity contribution in [3.63, 3.8) is 0 Å². The summed E-state index contributed by atoms with van der Waals surface area (Å²) in [5.74, 6) is 0.829. The zero-order chi connectivity index (χ0) is 17.1. The van der Waals surface area contributed by atoms with Crippen molar-refractivity contribution >= 4 is 23.2 Å². The lowest BCUT2D eigenvalue weighted by Gasteiger charge is -2.26. The van der Waals surface area contributed by atoms with E-state index >= 15 is 0 Å². The van der Waals surface area contributed by atoms with Gasteiger partial charge in [-0.15, -0.1) is 0 Å². The molecule has 0 radical (unpaired) electrons. The second kappa shape index (κ2) is 6.76. The number of nitro benzene ring substituents is 1. The monoisotopic (exact) mass is 348 g/mol. The van der Waals surface area contributed by atoms with E-state index in [0.29, 0.717) is 18.1 Å². The van der Waals surface area contributed by atoms with Crippen LogP contribution in [0.1, 0.15) is 10.4 Å². The van der Waals surface area contributed by atoms with Gasteiger partial charge in [-0.2, -0.15) is 0 Å². The number of nitrogens with zero attached hydrogens (tertiary/aromatic N) is 1. The Kier molecular flexibility index (Phi) is 4.52. The van der Waals surface area contributed by atoms with Crippen molar-refractivity contribution in [3.8, 4) is 11.5 Å². The maximum Gasteiger partial charge on any atom is 0.288 e. The Balaban J connectivity index is 1.62. The lowest BCUT2D eigenvalue weighted by Crippen LogP contribution is -2.40. The van der Waals surface area contributed by atoms with Gasteiger partial charge < -0.3 is 14.8 Å². The van der Waals surface area contributed by atoms with Crippen molar-refractivity contribution in [2.24, 2.45) is 0 Å². The number of amides is 1. The number of rotatable bonds is 4. The average Bonchev–Trinajstić information content (AvgIpc) is 2.59. The van der Waals surface area contributed by atoms with Gasteiger partial charge in [0.25, 0.3) is 11.6 Å². The molecule has 0 aliphatic carbocycles. The lowest BCUT2D eigenvalue weighted by molar-refractivity contribution is -0.384. The number of carbonyl (C=O) groups excluding carboxylic acids is 1. The minimum atomic E-state index is -0.631. The predicted octanol–water partition coefficient (Wildman–Crippen LogP) is 2.82. The van der Waals surface area contributed by atoms with Crippen LogP contribution in [0.4, 0.5) is 5.69 Å². The number of hydrogen-bond donors (Lipinski definition) is 1. The van der Waals surface area contributed by atoms with Crippen LogP contribution in [0.5, 0.6) is 11.5 Å². The lowest BCUT2D eigenvalue weighted by atomic mass is 10.2. The number of benzene rings is 2. The standard InChI is InChI=1S/C16H13ClN2O5/c17-12-6-5-10(7-13(12)19(21)22)16(20)18-8-11-9-23-14-3-1-2-4-15(14)24-11/h1-7,11H,8-9H2,(H,18,20)/t11-/m0/s1. The van der Waals surface area contributed by atoms with E-state index in [0.717, 1.165) is 6.07 Å². The Labute approximate surface area is 142 Å². The van der Waals surface area contributed by atoms with Crippen molar-refractivity contribution < 1.29 is 19.2 Å². The molecule has 7 nitrogen and oxygen atoms in total. The third-order valence-corrected chi connectivity index (χ3v) is 3.78. The van der Waals surface area contributed by atoms with Gasteiger partial charge in [0.2, 0.25) is 0 Å². The van der Waals surface area contributed by atoms with E-state index in [9.17, 15) is 14.9 Å². The predicted molar refractivity (Wildman–Crippen MR) is 86.8 cm³/mol. The van der Waals surface area contributed by atoms with Crippen LogP contribution in [0.25, 0.3) is 0 Å². The molecular formula is C16H13ClN2O5. The quantitative estimate of drug-likeness (QED) is 0.677. The van der Waals surface area contributed by atoms with Crippen molar-refractivity contribution in [1.82, 2.24) is 5.32 Å². The van der Waals surface area contributed by atoms with Crippen LogP contribution in [0.15, 0.2) is 42.5 Å². The van der Waals surface area contributed by atoms with E-state index in [1.807, 2.05) is 12.1 Å². The van der Waals surface area contributed by atoms with Gasteiger partial charge in [-0.1, -0.05) is 23.7 Å².